The lowest BCUT2D eigenvalue weighted by Crippen LogP contribution is -2.12. The van der Waals surface area contributed by atoms with Crippen LogP contribution < -0.4 is 5.32 Å². The molecule has 1 heterocycles. The van der Waals surface area contributed by atoms with Gasteiger partial charge in [0.25, 0.3) is 5.91 Å². The van der Waals surface area contributed by atoms with Crippen molar-refractivity contribution >= 4 is 11.6 Å². The Kier molecular flexibility index (Phi) is 3.01. The van der Waals surface area contributed by atoms with E-state index in [9.17, 15) is 15.0 Å². The van der Waals surface area contributed by atoms with Gasteiger partial charge in [-0.3, -0.25) is 9.78 Å². The zero-order valence-corrected chi connectivity index (χ0v) is 9.16. The first-order chi connectivity index (χ1) is 8.59. The molecular formula is C12H10N2O4. The molecule has 0 aliphatic rings. The largest absolute Gasteiger partial charge is 0.504 e. The maximum atomic E-state index is 11.8. The second-order valence-corrected chi connectivity index (χ2v) is 3.53. The number of nitrogens with zero attached hydrogens (tertiary/aromatic N) is 1. The van der Waals surface area contributed by atoms with E-state index in [1.54, 1.807) is 18.3 Å². The van der Waals surface area contributed by atoms with Crippen LogP contribution in [0.4, 0.5) is 5.69 Å². The zero-order chi connectivity index (χ0) is 13.1. The molecule has 0 aliphatic heterocycles. The molecule has 0 atom stereocenters. The van der Waals surface area contributed by atoms with Gasteiger partial charge >= 0.3 is 0 Å². The number of benzene rings is 1. The van der Waals surface area contributed by atoms with Crippen LogP contribution in [0.2, 0.25) is 0 Å². The topological polar surface area (TPSA) is 103 Å². The van der Waals surface area contributed by atoms with Gasteiger partial charge in [0.2, 0.25) is 5.75 Å². The summed E-state index contributed by atoms with van der Waals surface area (Å²) in [6.07, 6.45) is 2.99. The summed E-state index contributed by atoms with van der Waals surface area (Å²) in [5.74, 6) is -2.51. The van der Waals surface area contributed by atoms with E-state index in [0.29, 0.717) is 5.69 Å². The fourth-order valence-electron chi connectivity index (χ4n) is 1.39. The minimum absolute atomic E-state index is 0.144. The van der Waals surface area contributed by atoms with E-state index in [2.05, 4.69) is 10.3 Å². The molecule has 6 heteroatoms. The third-order valence-corrected chi connectivity index (χ3v) is 2.29. The molecule has 0 bridgehead atoms. The molecule has 18 heavy (non-hydrogen) atoms. The van der Waals surface area contributed by atoms with Crippen LogP contribution in [0.5, 0.6) is 17.2 Å². The number of anilines is 1. The maximum Gasteiger partial charge on any atom is 0.259 e. The van der Waals surface area contributed by atoms with Crippen molar-refractivity contribution in [2.24, 2.45) is 0 Å². The van der Waals surface area contributed by atoms with E-state index < -0.39 is 23.2 Å². The Morgan fingerprint density at radius 1 is 1.11 bits per heavy atom. The molecule has 1 aromatic heterocycles. The molecule has 4 N–H and O–H groups in total. The van der Waals surface area contributed by atoms with Crippen LogP contribution in [0.15, 0.2) is 36.7 Å². The number of carbonyl (C=O) groups excluding carboxylic acids is 1. The molecule has 0 unspecified atom stereocenters. The predicted octanol–water partition coefficient (Wildman–Crippen LogP) is 1.45. The number of hydrogen-bond donors (Lipinski definition) is 4. The van der Waals surface area contributed by atoms with Crippen molar-refractivity contribution in [3.63, 3.8) is 0 Å². The van der Waals surface area contributed by atoms with E-state index in [-0.39, 0.29) is 5.56 Å². The number of carbonyl (C=O) groups is 1. The van der Waals surface area contributed by atoms with Gasteiger partial charge in [0.05, 0.1) is 17.4 Å². The van der Waals surface area contributed by atoms with Crippen molar-refractivity contribution in [1.82, 2.24) is 4.98 Å². The summed E-state index contributed by atoms with van der Waals surface area (Å²) in [5, 5.41) is 30.5. The number of nitrogens with one attached hydrogen (secondary N) is 1. The summed E-state index contributed by atoms with van der Waals surface area (Å²) in [6.45, 7) is 0. The summed E-state index contributed by atoms with van der Waals surface area (Å²) < 4.78 is 0. The highest BCUT2D eigenvalue weighted by Crippen LogP contribution is 2.37. The lowest BCUT2D eigenvalue weighted by Gasteiger charge is -2.08. The molecule has 0 saturated carbocycles. The second kappa shape index (κ2) is 4.62. The van der Waals surface area contributed by atoms with E-state index in [1.807, 2.05) is 0 Å². The highest BCUT2D eigenvalue weighted by Gasteiger charge is 2.17. The quantitative estimate of drug-likeness (QED) is 0.600. The molecule has 1 aromatic carbocycles. The molecule has 0 spiro atoms. The van der Waals surface area contributed by atoms with Gasteiger partial charge in [-0.15, -0.1) is 0 Å². The number of hydrogen-bond acceptors (Lipinski definition) is 5. The fraction of sp³-hybridized carbons (Fsp3) is 0. The van der Waals surface area contributed by atoms with E-state index in [1.165, 1.54) is 12.3 Å². The molecule has 2 aromatic rings. The number of aromatic hydroxyl groups is 3. The van der Waals surface area contributed by atoms with Crippen LogP contribution >= 0.6 is 0 Å². The molecule has 0 fully saturated rings. The van der Waals surface area contributed by atoms with Crippen LogP contribution in [-0.4, -0.2) is 26.2 Å². The number of phenolic OH excluding ortho intramolecular Hbond substituents is 3. The van der Waals surface area contributed by atoms with E-state index >= 15 is 0 Å². The molecule has 1 amide bonds. The SMILES string of the molecule is O=C(Nc1cccnc1)c1ccc(O)c(O)c1O. The Labute approximate surface area is 102 Å². The van der Waals surface area contributed by atoms with Gasteiger partial charge in [0.15, 0.2) is 11.5 Å². The molecule has 0 radical (unpaired) electrons. The van der Waals surface area contributed by atoms with Gasteiger partial charge < -0.3 is 20.6 Å². The van der Waals surface area contributed by atoms with Crippen LogP contribution in [0.3, 0.4) is 0 Å². The average Bonchev–Trinajstić information content (AvgIpc) is 2.37. The first kappa shape index (κ1) is 11.7. The zero-order valence-electron chi connectivity index (χ0n) is 9.16. The van der Waals surface area contributed by atoms with Crippen molar-refractivity contribution in [3.05, 3.63) is 42.2 Å². The number of rotatable bonds is 2. The monoisotopic (exact) mass is 246 g/mol. The van der Waals surface area contributed by atoms with Crippen molar-refractivity contribution in [3.8, 4) is 17.2 Å². The first-order valence-electron chi connectivity index (χ1n) is 5.05. The Morgan fingerprint density at radius 2 is 1.89 bits per heavy atom. The van der Waals surface area contributed by atoms with Crippen LogP contribution in [0.1, 0.15) is 10.4 Å². The number of pyridine rings is 1. The van der Waals surface area contributed by atoms with E-state index in [4.69, 9.17) is 5.11 Å². The Bertz CT molecular complexity index is 584. The van der Waals surface area contributed by atoms with Gasteiger partial charge in [-0.2, -0.15) is 0 Å². The summed E-state index contributed by atoms with van der Waals surface area (Å²) in [4.78, 5) is 15.6. The Morgan fingerprint density at radius 3 is 2.56 bits per heavy atom. The van der Waals surface area contributed by atoms with Gasteiger partial charge in [0, 0.05) is 6.20 Å². The molecule has 2 rings (SSSR count). The standard InChI is InChI=1S/C12H10N2O4/c15-9-4-3-8(10(16)11(9)17)12(18)14-7-2-1-5-13-6-7/h1-6,15-17H,(H,14,18). The van der Waals surface area contributed by atoms with Crippen LogP contribution in [0.25, 0.3) is 0 Å². The van der Waals surface area contributed by atoms with Crippen molar-refractivity contribution in [2.75, 3.05) is 5.32 Å². The van der Waals surface area contributed by atoms with Crippen molar-refractivity contribution < 1.29 is 20.1 Å². The van der Waals surface area contributed by atoms with Gasteiger partial charge in [-0.05, 0) is 24.3 Å². The van der Waals surface area contributed by atoms with Gasteiger partial charge in [-0.1, -0.05) is 0 Å². The minimum atomic E-state index is -0.728. The summed E-state index contributed by atoms with van der Waals surface area (Å²) in [5.41, 5.74) is 0.309. The summed E-state index contributed by atoms with van der Waals surface area (Å²) >= 11 is 0. The van der Waals surface area contributed by atoms with Crippen molar-refractivity contribution in [1.29, 1.82) is 0 Å². The maximum absolute atomic E-state index is 11.8. The van der Waals surface area contributed by atoms with Crippen molar-refractivity contribution in [2.45, 2.75) is 0 Å². The third-order valence-electron chi connectivity index (χ3n) is 2.29. The van der Waals surface area contributed by atoms with Crippen LogP contribution in [0, 0.1) is 0 Å². The predicted molar refractivity (Wildman–Crippen MR) is 63.6 cm³/mol. The Hall–Kier alpha value is -2.76. The highest BCUT2D eigenvalue weighted by atomic mass is 16.3. The van der Waals surface area contributed by atoms with Crippen LogP contribution in [-0.2, 0) is 0 Å². The smallest absolute Gasteiger partial charge is 0.259 e. The minimum Gasteiger partial charge on any atom is -0.504 e. The summed E-state index contributed by atoms with van der Waals surface area (Å²) in [6, 6.07) is 5.59. The first-order valence-corrected chi connectivity index (χ1v) is 5.05. The third kappa shape index (κ3) is 2.17. The lowest BCUT2D eigenvalue weighted by molar-refractivity contribution is 0.102. The number of aromatic nitrogens is 1. The number of phenols is 3. The van der Waals surface area contributed by atoms with E-state index in [0.717, 1.165) is 6.07 Å². The van der Waals surface area contributed by atoms with Gasteiger partial charge in [0.1, 0.15) is 0 Å². The lowest BCUT2D eigenvalue weighted by atomic mass is 10.1. The molecule has 0 saturated heterocycles. The summed E-state index contributed by atoms with van der Waals surface area (Å²) in [7, 11) is 0. The van der Waals surface area contributed by atoms with Gasteiger partial charge in [-0.25, -0.2) is 0 Å². The molecule has 6 nitrogen and oxygen atoms in total. The molecule has 92 valence electrons. The molecular weight excluding hydrogens is 236 g/mol. The number of amides is 1. The normalized spacial score (nSPS) is 10.0. The average molecular weight is 246 g/mol. The second-order valence-electron chi connectivity index (χ2n) is 3.53. The fourth-order valence-corrected chi connectivity index (χ4v) is 1.39. The Balaban J connectivity index is 2.28. The molecule has 0 aliphatic carbocycles. The highest BCUT2D eigenvalue weighted by molar-refractivity contribution is 6.06.